The minimum Gasteiger partial charge on any atom is -0.306 e. The van der Waals surface area contributed by atoms with Crippen molar-refractivity contribution in [2.75, 3.05) is 5.32 Å². The van der Waals surface area contributed by atoms with Gasteiger partial charge in [0.15, 0.2) is 6.19 Å². The molecule has 92 valence electrons. The van der Waals surface area contributed by atoms with Gasteiger partial charge in [-0.1, -0.05) is 6.07 Å². The molecule has 3 aromatic rings. The van der Waals surface area contributed by atoms with Crippen molar-refractivity contribution in [2.45, 2.75) is 0 Å². The van der Waals surface area contributed by atoms with Gasteiger partial charge >= 0.3 is 5.69 Å². The summed E-state index contributed by atoms with van der Waals surface area (Å²) in [5, 5.41) is 10.8. The van der Waals surface area contributed by atoms with Crippen molar-refractivity contribution >= 4 is 17.0 Å². The van der Waals surface area contributed by atoms with E-state index in [-0.39, 0.29) is 11.6 Å². The Morgan fingerprint density at radius 1 is 1.11 bits per heavy atom. The lowest BCUT2D eigenvalue weighted by Crippen LogP contribution is -1.99. The van der Waals surface area contributed by atoms with Crippen LogP contribution in [0.1, 0.15) is 0 Å². The summed E-state index contributed by atoms with van der Waals surface area (Å²) in [6.45, 7) is 0. The second-order valence-electron chi connectivity index (χ2n) is 3.87. The molecule has 2 aromatic heterocycles. The summed E-state index contributed by atoms with van der Waals surface area (Å²) in [4.78, 5) is 24.6. The van der Waals surface area contributed by atoms with Gasteiger partial charge in [-0.3, -0.25) is 5.32 Å². The normalized spacial score (nSPS) is 10.3. The molecule has 0 atom stereocenters. The van der Waals surface area contributed by atoms with Crippen LogP contribution in [0.3, 0.4) is 0 Å². The Morgan fingerprint density at radius 2 is 1.84 bits per heavy atom. The molecule has 1 aromatic carbocycles. The number of benzene rings is 1. The van der Waals surface area contributed by atoms with Gasteiger partial charge in [-0.05, 0) is 17.7 Å². The summed E-state index contributed by atoms with van der Waals surface area (Å²) < 4.78 is 0. The van der Waals surface area contributed by atoms with Crippen molar-refractivity contribution in [1.82, 2.24) is 19.9 Å². The lowest BCUT2D eigenvalue weighted by molar-refractivity contribution is 1.17. The van der Waals surface area contributed by atoms with Crippen LogP contribution in [0.15, 0.2) is 35.4 Å². The fourth-order valence-electron chi connectivity index (χ4n) is 1.80. The number of rotatable bonds is 2. The number of hydrogen-bond donors (Lipinski definition) is 3. The smallest absolute Gasteiger partial charge is 0.306 e. The van der Waals surface area contributed by atoms with E-state index in [1.54, 1.807) is 18.6 Å². The molecule has 3 rings (SSSR count). The second kappa shape index (κ2) is 4.27. The molecule has 0 saturated carbocycles. The number of imidazole rings is 1. The largest absolute Gasteiger partial charge is 0.323 e. The second-order valence-corrected chi connectivity index (χ2v) is 3.87. The average Bonchev–Trinajstić information content (AvgIpc) is 2.79. The zero-order valence-electron chi connectivity index (χ0n) is 9.64. The first kappa shape index (κ1) is 11.0. The molecule has 7 nitrogen and oxygen atoms in total. The molecule has 7 heteroatoms. The van der Waals surface area contributed by atoms with E-state index < -0.39 is 0 Å². The Balaban J connectivity index is 2.03. The van der Waals surface area contributed by atoms with Gasteiger partial charge in [0.05, 0.1) is 11.0 Å². The van der Waals surface area contributed by atoms with E-state index >= 15 is 0 Å². The molecule has 19 heavy (non-hydrogen) atoms. The fourth-order valence-corrected chi connectivity index (χ4v) is 1.80. The van der Waals surface area contributed by atoms with Gasteiger partial charge in [0.2, 0.25) is 5.95 Å². The topological polar surface area (TPSA) is 110 Å². The first-order valence-electron chi connectivity index (χ1n) is 5.46. The van der Waals surface area contributed by atoms with Crippen LogP contribution in [0.25, 0.3) is 22.2 Å². The van der Waals surface area contributed by atoms with Crippen LogP contribution in [-0.2, 0) is 0 Å². The molecule has 0 amide bonds. The molecule has 0 aliphatic carbocycles. The highest BCUT2D eigenvalue weighted by molar-refractivity contribution is 5.81. The molecular formula is C12H8N6O. The Hall–Kier alpha value is -3.14. The number of H-pyrrole nitrogens is 2. The van der Waals surface area contributed by atoms with E-state index in [4.69, 9.17) is 5.26 Å². The number of nitrogens with one attached hydrogen (secondary N) is 3. The van der Waals surface area contributed by atoms with Crippen LogP contribution < -0.4 is 11.0 Å². The molecule has 0 aliphatic rings. The van der Waals surface area contributed by atoms with Gasteiger partial charge in [-0.15, -0.1) is 0 Å². The molecule has 0 unspecified atom stereocenters. The van der Waals surface area contributed by atoms with Crippen molar-refractivity contribution in [3.8, 4) is 17.3 Å². The summed E-state index contributed by atoms with van der Waals surface area (Å²) in [7, 11) is 0. The van der Waals surface area contributed by atoms with Crippen molar-refractivity contribution in [3.63, 3.8) is 0 Å². The third-order valence-electron chi connectivity index (χ3n) is 2.67. The highest BCUT2D eigenvalue weighted by Gasteiger charge is 2.03. The summed E-state index contributed by atoms with van der Waals surface area (Å²) in [6, 6.07) is 5.51. The number of nitriles is 1. The molecule has 3 N–H and O–H groups in total. The maximum Gasteiger partial charge on any atom is 0.323 e. The van der Waals surface area contributed by atoms with Crippen LogP contribution >= 0.6 is 0 Å². The lowest BCUT2D eigenvalue weighted by Gasteiger charge is -2.01. The summed E-state index contributed by atoms with van der Waals surface area (Å²) in [5.41, 5.74) is 2.91. The maximum absolute atomic E-state index is 11.2. The molecule has 0 radical (unpaired) electrons. The van der Waals surface area contributed by atoms with Gasteiger partial charge in [0.1, 0.15) is 0 Å². The van der Waals surface area contributed by atoms with Crippen molar-refractivity contribution < 1.29 is 0 Å². The number of aromatic amines is 2. The van der Waals surface area contributed by atoms with Crippen LogP contribution in [0.4, 0.5) is 5.95 Å². The first-order chi connectivity index (χ1) is 9.26. The van der Waals surface area contributed by atoms with Gasteiger partial charge in [0.25, 0.3) is 0 Å². The zero-order valence-corrected chi connectivity index (χ0v) is 9.64. The van der Waals surface area contributed by atoms with Gasteiger partial charge in [0, 0.05) is 18.0 Å². The predicted molar refractivity (Wildman–Crippen MR) is 69.2 cm³/mol. The number of hydrogen-bond acceptors (Lipinski definition) is 5. The SMILES string of the molecule is N#CNc1ncc(-c2ccc3[nH]c(=O)[nH]c3c2)cn1. The first-order valence-corrected chi connectivity index (χ1v) is 5.46. The van der Waals surface area contributed by atoms with Gasteiger partial charge in [-0.25, -0.2) is 14.8 Å². The Kier molecular flexibility index (Phi) is 2.47. The minimum absolute atomic E-state index is 0.239. The van der Waals surface area contributed by atoms with E-state index in [0.717, 1.165) is 22.2 Å². The fraction of sp³-hybridized carbons (Fsp3) is 0. The summed E-state index contributed by atoms with van der Waals surface area (Å²) >= 11 is 0. The van der Waals surface area contributed by atoms with E-state index in [0.29, 0.717) is 0 Å². The van der Waals surface area contributed by atoms with Crippen LogP contribution in [0.5, 0.6) is 0 Å². The van der Waals surface area contributed by atoms with Gasteiger partial charge < -0.3 is 9.97 Å². The van der Waals surface area contributed by atoms with E-state index in [1.165, 1.54) is 0 Å². The Morgan fingerprint density at radius 3 is 2.58 bits per heavy atom. The van der Waals surface area contributed by atoms with E-state index in [2.05, 4.69) is 25.3 Å². The molecule has 0 saturated heterocycles. The molecule has 0 fully saturated rings. The molecule has 0 bridgehead atoms. The van der Waals surface area contributed by atoms with E-state index in [9.17, 15) is 4.79 Å². The maximum atomic E-state index is 11.2. The average molecular weight is 252 g/mol. The van der Waals surface area contributed by atoms with Crippen LogP contribution in [0, 0.1) is 11.5 Å². The number of aromatic nitrogens is 4. The molecule has 2 heterocycles. The summed E-state index contributed by atoms with van der Waals surface area (Å²) in [5.74, 6) is 0.252. The highest BCUT2D eigenvalue weighted by Crippen LogP contribution is 2.21. The van der Waals surface area contributed by atoms with Crippen LogP contribution in [0.2, 0.25) is 0 Å². The quantitative estimate of drug-likeness (QED) is 0.469. The molecular weight excluding hydrogens is 244 g/mol. The predicted octanol–water partition coefficient (Wildman–Crippen LogP) is 1.21. The Labute approximate surface area is 107 Å². The third-order valence-corrected chi connectivity index (χ3v) is 2.67. The summed E-state index contributed by atoms with van der Waals surface area (Å²) in [6.07, 6.45) is 4.97. The highest BCUT2D eigenvalue weighted by atomic mass is 16.1. The van der Waals surface area contributed by atoms with Crippen molar-refractivity contribution in [1.29, 1.82) is 5.26 Å². The Bertz CT molecular complexity index is 824. The third kappa shape index (κ3) is 2.02. The number of fused-ring (bicyclic) bond motifs is 1. The number of anilines is 1. The molecule has 0 spiro atoms. The van der Waals surface area contributed by atoms with Crippen LogP contribution in [-0.4, -0.2) is 19.9 Å². The van der Waals surface area contributed by atoms with E-state index in [1.807, 2.05) is 18.2 Å². The van der Waals surface area contributed by atoms with Crippen molar-refractivity contribution in [3.05, 3.63) is 41.1 Å². The number of nitrogens with zero attached hydrogens (tertiary/aromatic N) is 3. The minimum atomic E-state index is -0.239. The zero-order chi connectivity index (χ0) is 13.2. The van der Waals surface area contributed by atoms with Crippen molar-refractivity contribution in [2.24, 2.45) is 0 Å². The lowest BCUT2D eigenvalue weighted by atomic mass is 10.1. The monoisotopic (exact) mass is 252 g/mol. The van der Waals surface area contributed by atoms with Gasteiger partial charge in [-0.2, -0.15) is 5.26 Å². The molecule has 0 aliphatic heterocycles. The standard InChI is InChI=1S/C12H8N6O/c13-6-16-11-14-4-8(5-15-11)7-1-2-9-10(3-7)18-12(19)17-9/h1-5H,(H,14,15,16)(H2,17,18,19).